The predicted molar refractivity (Wildman–Crippen MR) is 139 cm³/mol. The molecule has 36 heavy (non-hydrogen) atoms. The van der Waals surface area contributed by atoms with E-state index in [1.54, 1.807) is 59.2 Å². The molecule has 5 aromatic rings. The first-order valence-electron chi connectivity index (χ1n) is 11.5. The summed E-state index contributed by atoms with van der Waals surface area (Å²) in [5, 5.41) is 0. The number of sulfone groups is 1. The highest BCUT2D eigenvalue weighted by Crippen LogP contribution is 2.38. The first-order chi connectivity index (χ1) is 17.3. The Labute approximate surface area is 209 Å². The van der Waals surface area contributed by atoms with Crippen molar-refractivity contribution in [3.8, 4) is 0 Å². The van der Waals surface area contributed by atoms with Gasteiger partial charge in [-0.25, -0.2) is 26.8 Å². The van der Waals surface area contributed by atoms with E-state index in [2.05, 4.69) is 9.71 Å². The topological polar surface area (TPSA) is 111 Å². The maximum Gasteiger partial charge on any atom is 0.263 e. The SMILES string of the molecule is CCCCn1c(NS(=O)(=O)c2ccccc2)c(S(=O)(=O)c2ccccc2)c2nc3ccccc3nc21. The van der Waals surface area contributed by atoms with Gasteiger partial charge in [-0.2, -0.15) is 0 Å². The second kappa shape index (κ2) is 9.36. The highest BCUT2D eigenvalue weighted by molar-refractivity contribution is 7.93. The van der Waals surface area contributed by atoms with E-state index < -0.39 is 19.9 Å². The quantitative estimate of drug-likeness (QED) is 0.308. The fourth-order valence-corrected chi connectivity index (χ4v) is 6.79. The fraction of sp³-hybridized carbons (Fsp3) is 0.154. The Kier molecular flexibility index (Phi) is 6.23. The summed E-state index contributed by atoms with van der Waals surface area (Å²) in [5.41, 5.74) is 1.53. The number of fused-ring (bicyclic) bond motifs is 2. The van der Waals surface area contributed by atoms with Gasteiger partial charge in [0.25, 0.3) is 10.0 Å². The zero-order valence-corrected chi connectivity index (χ0v) is 21.1. The van der Waals surface area contributed by atoms with Crippen molar-refractivity contribution in [2.45, 2.75) is 41.0 Å². The third-order valence-corrected chi connectivity index (χ3v) is 9.02. The molecule has 2 aromatic heterocycles. The molecule has 0 amide bonds. The van der Waals surface area contributed by atoms with Crippen molar-refractivity contribution in [2.24, 2.45) is 0 Å². The third kappa shape index (κ3) is 4.22. The van der Waals surface area contributed by atoms with E-state index in [-0.39, 0.29) is 26.0 Å². The minimum atomic E-state index is -4.17. The molecule has 0 saturated heterocycles. The third-order valence-electron chi connectivity index (χ3n) is 5.85. The van der Waals surface area contributed by atoms with Crippen molar-refractivity contribution in [1.29, 1.82) is 0 Å². The molecule has 0 spiro atoms. The number of hydrogen-bond acceptors (Lipinski definition) is 6. The second-order valence-corrected chi connectivity index (χ2v) is 11.9. The maximum atomic E-state index is 14.0. The minimum Gasteiger partial charge on any atom is -0.309 e. The van der Waals surface area contributed by atoms with E-state index >= 15 is 0 Å². The lowest BCUT2D eigenvalue weighted by molar-refractivity contribution is 0.595. The first-order valence-corrected chi connectivity index (χ1v) is 14.5. The average molecular weight is 521 g/mol. The zero-order chi connectivity index (χ0) is 25.3. The molecule has 3 aromatic carbocycles. The molecule has 0 aliphatic heterocycles. The van der Waals surface area contributed by atoms with Gasteiger partial charge in [-0.3, -0.25) is 4.72 Å². The Morgan fingerprint density at radius 1 is 0.750 bits per heavy atom. The van der Waals surface area contributed by atoms with Crippen LogP contribution in [0.25, 0.3) is 22.2 Å². The van der Waals surface area contributed by atoms with E-state index in [9.17, 15) is 16.8 Å². The smallest absolute Gasteiger partial charge is 0.263 e. The number of nitrogens with zero attached hydrogens (tertiary/aromatic N) is 3. The van der Waals surface area contributed by atoms with E-state index in [1.165, 1.54) is 24.3 Å². The van der Waals surface area contributed by atoms with Crippen LogP contribution in [0.1, 0.15) is 19.8 Å². The number of rotatable bonds is 8. The van der Waals surface area contributed by atoms with Gasteiger partial charge in [0.05, 0.1) is 20.8 Å². The van der Waals surface area contributed by atoms with Crippen LogP contribution < -0.4 is 4.72 Å². The largest absolute Gasteiger partial charge is 0.309 e. The summed E-state index contributed by atoms with van der Waals surface area (Å²) in [7, 11) is -8.29. The molecule has 0 fully saturated rings. The van der Waals surface area contributed by atoms with Gasteiger partial charge >= 0.3 is 0 Å². The maximum absolute atomic E-state index is 14.0. The van der Waals surface area contributed by atoms with Gasteiger partial charge in [0.2, 0.25) is 9.84 Å². The first kappa shape index (κ1) is 24.0. The number of para-hydroxylation sites is 2. The van der Waals surface area contributed by atoms with E-state index in [1.807, 2.05) is 13.0 Å². The fourth-order valence-electron chi connectivity index (χ4n) is 4.07. The molecule has 0 aliphatic rings. The minimum absolute atomic E-state index is 0.0198. The van der Waals surface area contributed by atoms with Crippen LogP contribution >= 0.6 is 0 Å². The highest BCUT2D eigenvalue weighted by Gasteiger charge is 2.33. The van der Waals surface area contributed by atoms with Crippen LogP contribution in [0, 0.1) is 0 Å². The number of aromatic nitrogens is 3. The summed E-state index contributed by atoms with van der Waals surface area (Å²) in [4.78, 5) is 9.23. The molecule has 5 rings (SSSR count). The molecule has 0 saturated carbocycles. The molecule has 8 nitrogen and oxygen atoms in total. The molecule has 184 valence electrons. The Morgan fingerprint density at radius 2 is 1.31 bits per heavy atom. The van der Waals surface area contributed by atoms with Gasteiger partial charge in [0.15, 0.2) is 5.65 Å². The van der Waals surface area contributed by atoms with E-state index in [0.717, 1.165) is 6.42 Å². The van der Waals surface area contributed by atoms with Gasteiger partial charge in [-0.05, 0) is 42.8 Å². The molecule has 0 radical (unpaired) electrons. The molecule has 0 aliphatic carbocycles. The van der Waals surface area contributed by atoms with Crippen molar-refractivity contribution in [2.75, 3.05) is 4.72 Å². The zero-order valence-electron chi connectivity index (χ0n) is 19.5. The van der Waals surface area contributed by atoms with Crippen molar-refractivity contribution < 1.29 is 16.8 Å². The molecule has 1 N–H and O–H groups in total. The van der Waals surface area contributed by atoms with Crippen molar-refractivity contribution in [1.82, 2.24) is 14.5 Å². The summed E-state index contributed by atoms with van der Waals surface area (Å²) in [6.07, 6.45) is 1.50. The van der Waals surface area contributed by atoms with E-state index in [4.69, 9.17) is 4.98 Å². The molecule has 0 atom stereocenters. The standard InChI is InChI=1S/C26H24N4O4S2/c1-2-3-18-30-25-23(27-21-16-10-11-17-22(21)28-25)24(35(31,32)19-12-6-4-7-13-19)26(30)29-36(33,34)20-14-8-5-9-15-20/h4-17,29H,2-3,18H2,1H3. The van der Waals surface area contributed by atoms with Crippen LogP contribution in [0.2, 0.25) is 0 Å². The van der Waals surface area contributed by atoms with Crippen LogP contribution in [0.4, 0.5) is 5.82 Å². The summed E-state index contributed by atoms with van der Waals surface area (Å²) in [6.45, 7) is 2.36. The molecule has 2 heterocycles. The summed E-state index contributed by atoms with van der Waals surface area (Å²) >= 11 is 0. The molecule has 0 unspecified atom stereocenters. The summed E-state index contributed by atoms with van der Waals surface area (Å²) in [6, 6.07) is 22.9. The number of hydrogen-bond donors (Lipinski definition) is 1. The van der Waals surface area contributed by atoms with Crippen LogP contribution in [0.5, 0.6) is 0 Å². The van der Waals surface area contributed by atoms with Crippen LogP contribution in [0.15, 0.2) is 99.6 Å². The number of sulfonamides is 1. The number of unbranched alkanes of at least 4 members (excludes halogenated alkanes) is 1. The monoisotopic (exact) mass is 520 g/mol. The van der Waals surface area contributed by atoms with E-state index in [0.29, 0.717) is 29.6 Å². The Balaban J connectivity index is 1.87. The average Bonchev–Trinajstić information content (AvgIpc) is 3.18. The van der Waals surface area contributed by atoms with Gasteiger partial charge in [-0.1, -0.05) is 61.9 Å². The number of anilines is 1. The Hall–Kier alpha value is -3.76. The van der Waals surface area contributed by atoms with Gasteiger partial charge < -0.3 is 4.57 Å². The van der Waals surface area contributed by atoms with Crippen LogP contribution in [0.3, 0.4) is 0 Å². The second-order valence-electron chi connectivity index (χ2n) is 8.30. The van der Waals surface area contributed by atoms with Crippen LogP contribution in [-0.4, -0.2) is 31.4 Å². The number of aryl methyl sites for hydroxylation is 1. The van der Waals surface area contributed by atoms with Crippen molar-refractivity contribution in [3.63, 3.8) is 0 Å². The number of nitrogens with one attached hydrogen (secondary N) is 1. The lowest BCUT2D eigenvalue weighted by atomic mass is 10.3. The summed E-state index contributed by atoms with van der Waals surface area (Å²) < 4.78 is 59.0. The summed E-state index contributed by atoms with van der Waals surface area (Å²) in [5.74, 6) is -0.0681. The predicted octanol–water partition coefficient (Wildman–Crippen LogP) is 5.02. The molecular weight excluding hydrogens is 496 g/mol. The van der Waals surface area contributed by atoms with Gasteiger partial charge in [-0.15, -0.1) is 0 Å². The van der Waals surface area contributed by atoms with Gasteiger partial charge in [0, 0.05) is 6.54 Å². The van der Waals surface area contributed by atoms with Crippen molar-refractivity contribution >= 4 is 47.9 Å². The lowest BCUT2D eigenvalue weighted by Gasteiger charge is -2.14. The molecule has 0 bridgehead atoms. The van der Waals surface area contributed by atoms with Crippen molar-refractivity contribution in [3.05, 3.63) is 84.9 Å². The molecular formula is C26H24N4O4S2. The Bertz CT molecular complexity index is 1770. The lowest BCUT2D eigenvalue weighted by Crippen LogP contribution is -2.18. The van der Waals surface area contributed by atoms with Gasteiger partial charge in [0.1, 0.15) is 16.2 Å². The normalized spacial score (nSPS) is 12.2. The van der Waals surface area contributed by atoms with Crippen LogP contribution in [-0.2, 0) is 26.4 Å². The Morgan fingerprint density at radius 3 is 1.92 bits per heavy atom. The number of benzene rings is 3. The highest BCUT2D eigenvalue weighted by atomic mass is 32.2. The molecule has 10 heteroatoms.